The minimum absolute atomic E-state index is 0.350. The van der Waals surface area contributed by atoms with Crippen molar-refractivity contribution in [2.75, 3.05) is 13.1 Å². The van der Waals surface area contributed by atoms with E-state index in [0.29, 0.717) is 23.9 Å². The van der Waals surface area contributed by atoms with Gasteiger partial charge in [-0.05, 0) is 32.1 Å². The number of hydrogen-bond donors (Lipinski definition) is 1. The second-order valence-electron chi connectivity index (χ2n) is 5.93. The Morgan fingerprint density at radius 2 is 1.82 bits per heavy atom. The van der Waals surface area contributed by atoms with Crippen LogP contribution in [0.5, 0.6) is 0 Å². The van der Waals surface area contributed by atoms with Crippen LogP contribution in [0.15, 0.2) is 0 Å². The maximum Gasteiger partial charge on any atom is 0.226 e. The molecule has 3 heteroatoms. The van der Waals surface area contributed by atoms with E-state index >= 15 is 0 Å². The zero-order valence-electron chi connectivity index (χ0n) is 10.7. The minimum atomic E-state index is 0.350. The van der Waals surface area contributed by atoms with E-state index in [4.69, 9.17) is 0 Å². The number of piperazine rings is 1. The number of fused-ring (bicyclic) bond motifs is 1. The highest BCUT2D eigenvalue weighted by Gasteiger charge is 2.39. The molecule has 0 radical (unpaired) electrons. The average Bonchev–Trinajstić information content (AvgIpc) is 2.87. The molecule has 2 unspecified atom stereocenters. The summed E-state index contributed by atoms with van der Waals surface area (Å²) >= 11 is 0. The van der Waals surface area contributed by atoms with Gasteiger partial charge in [-0.1, -0.05) is 19.3 Å². The van der Waals surface area contributed by atoms with Crippen molar-refractivity contribution in [2.45, 2.75) is 63.5 Å². The first kappa shape index (κ1) is 11.5. The molecule has 3 rings (SSSR count). The van der Waals surface area contributed by atoms with Crippen molar-refractivity contribution in [3.05, 3.63) is 0 Å². The summed E-state index contributed by atoms with van der Waals surface area (Å²) in [5.74, 6) is 0.825. The Hall–Kier alpha value is -0.570. The fourth-order valence-electron chi connectivity index (χ4n) is 3.95. The number of amides is 1. The van der Waals surface area contributed by atoms with Gasteiger partial charge in [0.25, 0.3) is 0 Å². The summed E-state index contributed by atoms with van der Waals surface area (Å²) in [6.07, 6.45) is 9.90. The van der Waals surface area contributed by atoms with Gasteiger partial charge in [0.1, 0.15) is 0 Å². The van der Waals surface area contributed by atoms with Gasteiger partial charge in [-0.25, -0.2) is 0 Å². The molecular formula is C14H24N2O. The Kier molecular flexibility index (Phi) is 3.37. The van der Waals surface area contributed by atoms with Crippen LogP contribution in [-0.4, -0.2) is 36.0 Å². The number of nitrogens with one attached hydrogen (secondary N) is 1. The smallest absolute Gasteiger partial charge is 0.226 e. The zero-order chi connectivity index (χ0) is 11.7. The average molecular weight is 236 g/mol. The van der Waals surface area contributed by atoms with Crippen molar-refractivity contribution in [3.8, 4) is 0 Å². The van der Waals surface area contributed by atoms with Gasteiger partial charge in [0.2, 0.25) is 5.91 Å². The lowest BCUT2D eigenvalue weighted by Gasteiger charge is -2.40. The Morgan fingerprint density at radius 1 is 1.00 bits per heavy atom. The lowest BCUT2D eigenvalue weighted by molar-refractivity contribution is -0.140. The molecule has 2 saturated carbocycles. The van der Waals surface area contributed by atoms with E-state index in [-0.39, 0.29) is 0 Å². The molecule has 96 valence electrons. The Labute approximate surface area is 104 Å². The van der Waals surface area contributed by atoms with Crippen LogP contribution in [0.4, 0.5) is 0 Å². The lowest BCUT2D eigenvalue weighted by atomic mass is 9.87. The Bertz CT molecular complexity index is 286. The second-order valence-corrected chi connectivity index (χ2v) is 5.93. The molecule has 0 aromatic rings. The normalized spacial score (nSPS) is 34.7. The number of carbonyl (C=O) groups is 1. The van der Waals surface area contributed by atoms with Crippen LogP contribution >= 0.6 is 0 Å². The molecule has 1 amide bonds. The van der Waals surface area contributed by atoms with Gasteiger partial charge in [-0.3, -0.25) is 4.79 Å². The van der Waals surface area contributed by atoms with Crippen molar-refractivity contribution in [1.29, 1.82) is 0 Å². The second kappa shape index (κ2) is 4.97. The number of rotatable bonds is 1. The largest absolute Gasteiger partial charge is 0.337 e. The van der Waals surface area contributed by atoms with Crippen molar-refractivity contribution < 1.29 is 4.79 Å². The van der Waals surface area contributed by atoms with Crippen molar-refractivity contribution >= 4 is 5.91 Å². The maximum atomic E-state index is 12.6. The summed E-state index contributed by atoms with van der Waals surface area (Å²) in [5.41, 5.74) is 0. The molecule has 2 aliphatic carbocycles. The first-order chi connectivity index (χ1) is 8.36. The van der Waals surface area contributed by atoms with Crippen LogP contribution in [0.2, 0.25) is 0 Å². The first-order valence-electron chi connectivity index (χ1n) is 7.40. The first-order valence-corrected chi connectivity index (χ1v) is 7.40. The van der Waals surface area contributed by atoms with Gasteiger partial charge in [0, 0.05) is 31.1 Å². The third-order valence-electron chi connectivity index (χ3n) is 4.88. The molecule has 3 aliphatic rings. The summed E-state index contributed by atoms with van der Waals surface area (Å²) < 4.78 is 0. The highest BCUT2D eigenvalue weighted by atomic mass is 16.2. The van der Waals surface area contributed by atoms with Crippen molar-refractivity contribution in [2.24, 2.45) is 5.92 Å². The maximum absolute atomic E-state index is 12.6. The van der Waals surface area contributed by atoms with Gasteiger partial charge in [-0.15, -0.1) is 0 Å². The molecule has 1 heterocycles. The molecule has 0 bridgehead atoms. The highest BCUT2D eigenvalue weighted by Crippen LogP contribution is 2.31. The molecule has 3 fully saturated rings. The van der Waals surface area contributed by atoms with E-state index in [2.05, 4.69) is 10.2 Å². The van der Waals surface area contributed by atoms with Crippen LogP contribution < -0.4 is 5.32 Å². The monoisotopic (exact) mass is 236 g/mol. The van der Waals surface area contributed by atoms with Gasteiger partial charge in [0.15, 0.2) is 0 Å². The molecule has 17 heavy (non-hydrogen) atoms. The fourth-order valence-corrected chi connectivity index (χ4v) is 3.95. The molecule has 1 N–H and O–H groups in total. The van der Waals surface area contributed by atoms with Crippen LogP contribution in [0, 0.1) is 5.92 Å². The molecular weight excluding hydrogens is 212 g/mol. The molecule has 3 nitrogen and oxygen atoms in total. The van der Waals surface area contributed by atoms with Crippen LogP contribution in [0.25, 0.3) is 0 Å². The topological polar surface area (TPSA) is 32.3 Å². The molecule has 0 aromatic carbocycles. The van der Waals surface area contributed by atoms with Crippen LogP contribution in [0.1, 0.15) is 51.4 Å². The van der Waals surface area contributed by atoms with Gasteiger partial charge >= 0.3 is 0 Å². The van der Waals surface area contributed by atoms with E-state index < -0.39 is 0 Å². The molecule has 0 spiro atoms. The van der Waals surface area contributed by atoms with Crippen LogP contribution in [0.3, 0.4) is 0 Å². The summed E-state index contributed by atoms with van der Waals surface area (Å²) in [6, 6.07) is 1.11. The predicted molar refractivity (Wildman–Crippen MR) is 67.7 cm³/mol. The SMILES string of the molecule is O=C(C1CCCCC1)N1CCNC2CCCC21. The molecule has 1 aliphatic heterocycles. The standard InChI is InChI=1S/C14H24N2O/c17-14(11-5-2-1-3-6-11)16-10-9-15-12-7-4-8-13(12)16/h11-13,15H,1-10H2. The van der Waals surface area contributed by atoms with Gasteiger partial charge < -0.3 is 10.2 Å². The summed E-state index contributed by atoms with van der Waals surface area (Å²) in [7, 11) is 0. The van der Waals surface area contributed by atoms with Crippen molar-refractivity contribution in [1.82, 2.24) is 10.2 Å². The zero-order valence-corrected chi connectivity index (χ0v) is 10.7. The third kappa shape index (κ3) is 2.22. The minimum Gasteiger partial charge on any atom is -0.337 e. The quantitative estimate of drug-likeness (QED) is 0.754. The summed E-state index contributed by atoms with van der Waals surface area (Å²) in [5, 5.41) is 3.57. The highest BCUT2D eigenvalue weighted by molar-refractivity contribution is 5.79. The number of carbonyl (C=O) groups excluding carboxylic acids is 1. The van der Waals surface area contributed by atoms with E-state index in [0.717, 1.165) is 25.9 Å². The van der Waals surface area contributed by atoms with E-state index in [1.54, 1.807) is 0 Å². The number of hydrogen-bond acceptors (Lipinski definition) is 2. The lowest BCUT2D eigenvalue weighted by Crippen LogP contribution is -2.58. The van der Waals surface area contributed by atoms with E-state index in [1.807, 2.05) is 0 Å². The molecule has 1 saturated heterocycles. The third-order valence-corrected chi connectivity index (χ3v) is 4.88. The van der Waals surface area contributed by atoms with Crippen molar-refractivity contribution in [3.63, 3.8) is 0 Å². The Balaban J connectivity index is 1.67. The predicted octanol–water partition coefficient (Wildman–Crippen LogP) is 1.92. The fraction of sp³-hybridized carbons (Fsp3) is 0.929. The van der Waals surface area contributed by atoms with Gasteiger partial charge in [0.05, 0.1) is 0 Å². The van der Waals surface area contributed by atoms with E-state index in [1.165, 1.54) is 38.5 Å². The van der Waals surface area contributed by atoms with Gasteiger partial charge in [-0.2, -0.15) is 0 Å². The molecule has 2 atom stereocenters. The Morgan fingerprint density at radius 3 is 2.65 bits per heavy atom. The van der Waals surface area contributed by atoms with Crippen LogP contribution in [-0.2, 0) is 4.79 Å². The summed E-state index contributed by atoms with van der Waals surface area (Å²) in [4.78, 5) is 14.8. The summed E-state index contributed by atoms with van der Waals surface area (Å²) in [6.45, 7) is 1.94. The number of nitrogens with zero attached hydrogens (tertiary/aromatic N) is 1. The van der Waals surface area contributed by atoms with E-state index in [9.17, 15) is 4.79 Å². The molecule has 0 aromatic heterocycles.